The van der Waals surface area contributed by atoms with Crippen LogP contribution in [0.2, 0.25) is 0 Å². The zero-order chi connectivity index (χ0) is 10.1. The summed E-state index contributed by atoms with van der Waals surface area (Å²) in [7, 11) is 0. The molecule has 76 valence electrons. The van der Waals surface area contributed by atoms with Crippen LogP contribution in [0.3, 0.4) is 0 Å². The molecule has 2 heteroatoms. The highest BCUT2D eigenvalue weighted by Crippen LogP contribution is 1.98. The molecule has 0 atom stereocenters. The van der Waals surface area contributed by atoms with Crippen molar-refractivity contribution < 1.29 is 9.53 Å². The molecule has 0 aliphatic rings. The quantitative estimate of drug-likeness (QED) is 0.468. The molecular weight excluding hydrogens is 164 g/mol. The largest absolute Gasteiger partial charge is 0.465 e. The van der Waals surface area contributed by atoms with Gasteiger partial charge in [0.15, 0.2) is 0 Å². The fraction of sp³-hybridized carbons (Fsp3) is 0.727. The van der Waals surface area contributed by atoms with E-state index >= 15 is 0 Å². The molecule has 0 heterocycles. The Kier molecular flexibility index (Phi) is 7.36. The molecule has 0 radical (unpaired) electrons. The summed E-state index contributed by atoms with van der Waals surface area (Å²) in [6.45, 7) is 6.68. The van der Waals surface area contributed by atoms with Crippen LogP contribution in [0.4, 0.5) is 0 Å². The smallest absolute Gasteiger partial charge is 0.306 e. The van der Waals surface area contributed by atoms with E-state index in [4.69, 9.17) is 4.74 Å². The second kappa shape index (κ2) is 7.84. The Morgan fingerprint density at radius 2 is 2.08 bits per heavy atom. The summed E-state index contributed by atoms with van der Waals surface area (Å²) >= 11 is 0. The molecule has 0 saturated heterocycles. The van der Waals surface area contributed by atoms with Gasteiger partial charge in [-0.15, -0.1) is 0 Å². The van der Waals surface area contributed by atoms with Gasteiger partial charge < -0.3 is 4.74 Å². The van der Waals surface area contributed by atoms with Gasteiger partial charge in [-0.3, -0.25) is 4.79 Å². The topological polar surface area (TPSA) is 26.3 Å². The average Bonchev–Trinajstić information content (AvgIpc) is 2.09. The minimum Gasteiger partial charge on any atom is -0.465 e. The monoisotopic (exact) mass is 184 g/mol. The van der Waals surface area contributed by atoms with E-state index in [-0.39, 0.29) is 5.97 Å². The maximum absolute atomic E-state index is 11.1. The Hall–Kier alpha value is -0.790. The first-order valence-electron chi connectivity index (χ1n) is 4.97. The van der Waals surface area contributed by atoms with Crippen molar-refractivity contribution in [3.8, 4) is 0 Å². The Morgan fingerprint density at radius 1 is 1.38 bits per heavy atom. The van der Waals surface area contributed by atoms with Crippen LogP contribution in [0, 0.1) is 5.92 Å². The Bertz CT molecular complexity index is 159. The summed E-state index contributed by atoms with van der Waals surface area (Å²) < 4.78 is 5.01. The molecular formula is C11H20O2. The second-order valence-corrected chi connectivity index (χ2v) is 3.50. The van der Waals surface area contributed by atoms with Crippen molar-refractivity contribution in [3.05, 3.63) is 12.2 Å². The molecule has 13 heavy (non-hydrogen) atoms. The highest BCUT2D eigenvalue weighted by atomic mass is 16.5. The summed E-state index contributed by atoms with van der Waals surface area (Å²) in [5, 5.41) is 0. The van der Waals surface area contributed by atoms with Crippen molar-refractivity contribution in [2.75, 3.05) is 6.61 Å². The zero-order valence-electron chi connectivity index (χ0n) is 8.88. The van der Waals surface area contributed by atoms with Gasteiger partial charge >= 0.3 is 5.97 Å². The third kappa shape index (κ3) is 9.12. The van der Waals surface area contributed by atoms with Gasteiger partial charge in [0.1, 0.15) is 0 Å². The number of hydrogen-bond acceptors (Lipinski definition) is 2. The van der Waals surface area contributed by atoms with E-state index < -0.39 is 0 Å². The van der Waals surface area contributed by atoms with Crippen LogP contribution in [-0.2, 0) is 9.53 Å². The molecule has 0 amide bonds. The van der Waals surface area contributed by atoms with Crippen LogP contribution in [0.5, 0.6) is 0 Å². The minimum atomic E-state index is -0.0885. The Labute approximate surface area is 81.0 Å². The molecule has 0 unspecified atom stereocenters. The van der Waals surface area contributed by atoms with E-state index in [0.29, 0.717) is 18.9 Å². The third-order valence-electron chi connectivity index (χ3n) is 1.50. The number of ether oxygens (including phenoxy) is 1. The number of hydrogen-bond donors (Lipinski definition) is 0. The van der Waals surface area contributed by atoms with Crippen LogP contribution in [0.15, 0.2) is 12.2 Å². The van der Waals surface area contributed by atoms with Crippen LogP contribution in [-0.4, -0.2) is 12.6 Å². The van der Waals surface area contributed by atoms with E-state index in [2.05, 4.69) is 13.0 Å². The van der Waals surface area contributed by atoms with Crippen molar-refractivity contribution >= 4 is 5.97 Å². The first kappa shape index (κ1) is 12.2. The van der Waals surface area contributed by atoms with E-state index in [9.17, 15) is 4.79 Å². The van der Waals surface area contributed by atoms with Crippen LogP contribution >= 0.6 is 0 Å². The molecule has 0 aromatic heterocycles. The van der Waals surface area contributed by atoms with E-state index in [0.717, 1.165) is 12.8 Å². The van der Waals surface area contributed by atoms with Crippen LogP contribution in [0.1, 0.15) is 40.0 Å². The van der Waals surface area contributed by atoms with Gasteiger partial charge in [0.25, 0.3) is 0 Å². The number of allylic oxidation sites excluding steroid dienone is 2. The molecule has 0 aromatic carbocycles. The van der Waals surface area contributed by atoms with E-state index in [1.165, 1.54) is 0 Å². The van der Waals surface area contributed by atoms with Gasteiger partial charge in [0.2, 0.25) is 0 Å². The molecule has 0 fully saturated rings. The lowest BCUT2D eigenvalue weighted by atomic mass is 10.2. The highest BCUT2D eigenvalue weighted by molar-refractivity contribution is 5.69. The van der Waals surface area contributed by atoms with Crippen molar-refractivity contribution in [2.45, 2.75) is 40.0 Å². The molecule has 0 N–H and O–H groups in total. The SMILES string of the molecule is CC/C=C\CCC(=O)OCC(C)C. The molecule has 0 aromatic rings. The summed E-state index contributed by atoms with van der Waals surface area (Å²) in [5.74, 6) is 0.338. The fourth-order valence-electron chi connectivity index (χ4n) is 0.817. The minimum absolute atomic E-state index is 0.0885. The van der Waals surface area contributed by atoms with Gasteiger partial charge in [0.05, 0.1) is 6.61 Å². The number of esters is 1. The van der Waals surface area contributed by atoms with Gasteiger partial charge in [-0.1, -0.05) is 32.9 Å². The first-order chi connectivity index (χ1) is 6.16. The zero-order valence-corrected chi connectivity index (χ0v) is 8.88. The Balaban J connectivity index is 3.35. The lowest BCUT2D eigenvalue weighted by Gasteiger charge is -2.05. The summed E-state index contributed by atoms with van der Waals surface area (Å²) in [5.41, 5.74) is 0. The number of carbonyl (C=O) groups excluding carboxylic acids is 1. The number of rotatable bonds is 6. The summed E-state index contributed by atoms with van der Waals surface area (Å²) in [4.78, 5) is 11.1. The average molecular weight is 184 g/mol. The standard InChI is InChI=1S/C11H20O2/c1-4-5-6-7-8-11(12)13-9-10(2)3/h5-6,10H,4,7-9H2,1-3H3/b6-5-. The maximum Gasteiger partial charge on any atom is 0.306 e. The molecule has 0 spiro atoms. The number of carbonyl (C=O) groups is 1. The highest BCUT2D eigenvalue weighted by Gasteiger charge is 2.01. The van der Waals surface area contributed by atoms with Crippen LogP contribution < -0.4 is 0 Å². The lowest BCUT2D eigenvalue weighted by Crippen LogP contribution is -2.09. The van der Waals surface area contributed by atoms with Gasteiger partial charge in [-0.2, -0.15) is 0 Å². The second-order valence-electron chi connectivity index (χ2n) is 3.50. The lowest BCUT2D eigenvalue weighted by molar-refractivity contribution is -0.144. The molecule has 0 rings (SSSR count). The Morgan fingerprint density at radius 3 is 2.62 bits per heavy atom. The van der Waals surface area contributed by atoms with Crippen molar-refractivity contribution in [1.29, 1.82) is 0 Å². The van der Waals surface area contributed by atoms with E-state index in [1.54, 1.807) is 0 Å². The molecule has 0 bridgehead atoms. The summed E-state index contributed by atoms with van der Waals surface area (Å²) in [6, 6.07) is 0. The van der Waals surface area contributed by atoms with Crippen molar-refractivity contribution in [1.82, 2.24) is 0 Å². The molecule has 2 nitrogen and oxygen atoms in total. The molecule has 0 saturated carbocycles. The van der Waals surface area contributed by atoms with Gasteiger partial charge in [0, 0.05) is 6.42 Å². The van der Waals surface area contributed by atoms with Crippen molar-refractivity contribution in [2.24, 2.45) is 5.92 Å². The predicted molar refractivity (Wildman–Crippen MR) is 54.5 cm³/mol. The maximum atomic E-state index is 11.1. The molecule has 0 aliphatic heterocycles. The fourth-order valence-corrected chi connectivity index (χ4v) is 0.817. The third-order valence-corrected chi connectivity index (χ3v) is 1.50. The molecule has 0 aliphatic carbocycles. The normalized spacial score (nSPS) is 11.1. The van der Waals surface area contributed by atoms with Gasteiger partial charge in [-0.05, 0) is 18.8 Å². The van der Waals surface area contributed by atoms with E-state index in [1.807, 2.05) is 19.9 Å². The van der Waals surface area contributed by atoms with Crippen LogP contribution in [0.25, 0.3) is 0 Å². The first-order valence-corrected chi connectivity index (χ1v) is 4.97. The summed E-state index contributed by atoms with van der Waals surface area (Å²) in [6.07, 6.45) is 6.42. The van der Waals surface area contributed by atoms with Gasteiger partial charge in [-0.25, -0.2) is 0 Å². The predicted octanol–water partition coefficient (Wildman–Crippen LogP) is 2.93. The van der Waals surface area contributed by atoms with Crippen molar-refractivity contribution in [3.63, 3.8) is 0 Å².